The molecule has 1 aliphatic heterocycles. The molecule has 178 valence electrons. The summed E-state index contributed by atoms with van der Waals surface area (Å²) in [5.41, 5.74) is 2.17. The Bertz CT molecular complexity index is 994. The first kappa shape index (κ1) is 24.7. The molecule has 6 nitrogen and oxygen atoms in total. The first-order valence-electron chi connectivity index (χ1n) is 11.6. The number of halogens is 1. The molecule has 0 aliphatic carbocycles. The maximum absolute atomic E-state index is 14.1. The van der Waals surface area contributed by atoms with Gasteiger partial charge in [-0.05, 0) is 49.9 Å². The Morgan fingerprint density at radius 1 is 1.06 bits per heavy atom. The molecule has 2 amide bonds. The van der Waals surface area contributed by atoms with Crippen molar-refractivity contribution in [1.82, 2.24) is 10.2 Å². The van der Waals surface area contributed by atoms with E-state index in [1.807, 2.05) is 27.7 Å². The van der Waals surface area contributed by atoms with Crippen LogP contribution in [0.25, 0.3) is 0 Å². The molecule has 1 saturated heterocycles. The fraction of sp³-hybridized carbons (Fsp3) is 0.462. The quantitative estimate of drug-likeness (QED) is 0.677. The zero-order chi connectivity index (χ0) is 24.2. The minimum Gasteiger partial charge on any atom is -0.369 e. The van der Waals surface area contributed by atoms with Crippen molar-refractivity contribution in [2.45, 2.75) is 40.7 Å². The van der Waals surface area contributed by atoms with Gasteiger partial charge in [0.1, 0.15) is 5.82 Å². The van der Waals surface area contributed by atoms with Gasteiger partial charge in [0.2, 0.25) is 5.91 Å². The van der Waals surface area contributed by atoms with E-state index in [1.165, 1.54) is 12.1 Å². The molecule has 0 radical (unpaired) electrons. The molecule has 1 atom stereocenters. The normalized spacial score (nSPS) is 15.8. The number of hydrogen-bond donors (Lipinski definition) is 2. The molecule has 7 heteroatoms. The largest absolute Gasteiger partial charge is 0.369 e. The van der Waals surface area contributed by atoms with Crippen LogP contribution in [0.4, 0.5) is 15.8 Å². The van der Waals surface area contributed by atoms with Gasteiger partial charge in [-0.25, -0.2) is 4.39 Å². The van der Waals surface area contributed by atoms with Gasteiger partial charge in [0, 0.05) is 54.1 Å². The van der Waals surface area contributed by atoms with Crippen LogP contribution in [-0.2, 0) is 4.79 Å². The molecule has 1 unspecified atom stereocenters. The number of carbonyl (C=O) groups excluding carboxylic acids is 2. The number of benzene rings is 2. The number of rotatable bonds is 6. The summed E-state index contributed by atoms with van der Waals surface area (Å²) in [7, 11) is 0. The number of amides is 2. The minimum absolute atomic E-state index is 0.124. The highest BCUT2D eigenvalue weighted by atomic mass is 19.1. The Balaban J connectivity index is 1.74. The molecule has 2 N–H and O–H groups in total. The Morgan fingerprint density at radius 3 is 2.39 bits per heavy atom. The molecule has 0 bridgehead atoms. The van der Waals surface area contributed by atoms with Gasteiger partial charge in [-0.3, -0.25) is 9.59 Å². The van der Waals surface area contributed by atoms with Crippen molar-refractivity contribution in [3.05, 3.63) is 59.4 Å². The zero-order valence-electron chi connectivity index (χ0n) is 20.2. The van der Waals surface area contributed by atoms with Crippen LogP contribution in [0.15, 0.2) is 42.5 Å². The molecule has 1 heterocycles. The van der Waals surface area contributed by atoms with Gasteiger partial charge in [0.15, 0.2) is 0 Å². The molecule has 1 fully saturated rings. The van der Waals surface area contributed by atoms with Crippen molar-refractivity contribution < 1.29 is 14.0 Å². The average Bonchev–Trinajstić information content (AvgIpc) is 2.78. The van der Waals surface area contributed by atoms with Gasteiger partial charge in [0.25, 0.3) is 5.91 Å². The fourth-order valence-corrected chi connectivity index (χ4v) is 3.88. The Hall–Kier alpha value is -2.93. The van der Waals surface area contributed by atoms with E-state index in [0.29, 0.717) is 11.3 Å². The number of carbonyl (C=O) groups is 2. The van der Waals surface area contributed by atoms with E-state index < -0.39 is 5.41 Å². The van der Waals surface area contributed by atoms with Crippen LogP contribution in [0.3, 0.4) is 0 Å². The Labute approximate surface area is 196 Å². The molecule has 0 spiro atoms. The van der Waals surface area contributed by atoms with Crippen molar-refractivity contribution in [3.63, 3.8) is 0 Å². The lowest BCUT2D eigenvalue weighted by Gasteiger charge is -2.37. The number of nitrogens with one attached hydrogen (secondary N) is 2. The number of likely N-dealkylation sites (N-methyl/N-ethyl adjacent to an activating group) is 1. The molecule has 2 aromatic rings. The summed E-state index contributed by atoms with van der Waals surface area (Å²) in [4.78, 5) is 29.9. The lowest BCUT2D eigenvalue weighted by Crippen LogP contribution is -2.46. The van der Waals surface area contributed by atoms with E-state index in [0.717, 1.165) is 44.0 Å². The number of hydrogen-bond acceptors (Lipinski definition) is 4. The third-order valence-corrected chi connectivity index (χ3v) is 6.03. The lowest BCUT2D eigenvalue weighted by atomic mass is 9.95. The predicted octanol–water partition coefficient (Wildman–Crippen LogP) is 4.44. The van der Waals surface area contributed by atoms with E-state index in [9.17, 15) is 14.0 Å². The smallest absolute Gasteiger partial charge is 0.251 e. The summed E-state index contributed by atoms with van der Waals surface area (Å²) in [6.45, 7) is 14.2. The topological polar surface area (TPSA) is 64.7 Å². The molecule has 1 aliphatic rings. The van der Waals surface area contributed by atoms with Crippen molar-refractivity contribution in [1.29, 1.82) is 0 Å². The summed E-state index contributed by atoms with van der Waals surface area (Å²) in [5, 5.41) is 5.85. The Kier molecular flexibility index (Phi) is 7.74. The first-order valence-corrected chi connectivity index (χ1v) is 11.6. The van der Waals surface area contributed by atoms with E-state index in [-0.39, 0.29) is 23.7 Å². The lowest BCUT2D eigenvalue weighted by molar-refractivity contribution is -0.123. The van der Waals surface area contributed by atoms with E-state index in [1.54, 1.807) is 30.3 Å². The number of piperazine rings is 1. The summed E-state index contributed by atoms with van der Waals surface area (Å²) in [5.74, 6) is -0.727. The standard InChI is InChI=1S/C26H35FN4O2/c1-6-30-12-14-31(15-13-30)23-11-10-20(27)17-22(23)18(2)28-24(32)19-8-7-9-21(16-19)29-25(33)26(3,4)5/h7-11,16-18H,6,12-15H2,1-5H3,(H,28,32)(H,29,33). The predicted molar refractivity (Wildman–Crippen MR) is 131 cm³/mol. The number of anilines is 2. The van der Waals surface area contributed by atoms with Crippen LogP contribution in [-0.4, -0.2) is 49.4 Å². The summed E-state index contributed by atoms with van der Waals surface area (Å²) >= 11 is 0. The van der Waals surface area contributed by atoms with E-state index in [2.05, 4.69) is 27.4 Å². The molecular weight excluding hydrogens is 419 g/mol. The maximum Gasteiger partial charge on any atom is 0.251 e. The molecular formula is C26H35FN4O2. The highest BCUT2D eigenvalue weighted by Gasteiger charge is 2.23. The van der Waals surface area contributed by atoms with Crippen molar-refractivity contribution in [2.24, 2.45) is 5.41 Å². The summed E-state index contributed by atoms with van der Waals surface area (Å²) in [6, 6.07) is 11.2. The zero-order valence-corrected chi connectivity index (χ0v) is 20.2. The summed E-state index contributed by atoms with van der Waals surface area (Å²) in [6.07, 6.45) is 0. The SMILES string of the molecule is CCN1CCN(c2ccc(F)cc2C(C)NC(=O)c2cccc(NC(=O)C(C)(C)C)c2)CC1. The number of nitrogens with zero attached hydrogens (tertiary/aromatic N) is 2. The van der Waals surface area contributed by atoms with Gasteiger partial charge in [0.05, 0.1) is 6.04 Å². The van der Waals surface area contributed by atoms with Gasteiger partial charge < -0.3 is 20.4 Å². The second kappa shape index (κ2) is 10.3. The minimum atomic E-state index is -0.539. The summed E-state index contributed by atoms with van der Waals surface area (Å²) < 4.78 is 14.1. The highest BCUT2D eigenvalue weighted by molar-refractivity contribution is 5.98. The van der Waals surface area contributed by atoms with Crippen LogP contribution in [0.1, 0.15) is 56.6 Å². The van der Waals surface area contributed by atoms with E-state index >= 15 is 0 Å². The van der Waals surface area contributed by atoms with Crippen LogP contribution < -0.4 is 15.5 Å². The second-order valence-electron chi connectivity index (χ2n) is 9.60. The molecule has 33 heavy (non-hydrogen) atoms. The second-order valence-corrected chi connectivity index (χ2v) is 9.60. The molecule has 0 aromatic heterocycles. The van der Waals surface area contributed by atoms with Gasteiger partial charge in [-0.2, -0.15) is 0 Å². The molecule has 0 saturated carbocycles. The first-order chi connectivity index (χ1) is 15.6. The van der Waals surface area contributed by atoms with Crippen molar-refractivity contribution in [3.8, 4) is 0 Å². The van der Waals surface area contributed by atoms with Crippen molar-refractivity contribution >= 4 is 23.2 Å². The van der Waals surface area contributed by atoms with Gasteiger partial charge >= 0.3 is 0 Å². The third-order valence-electron chi connectivity index (χ3n) is 6.03. The highest BCUT2D eigenvalue weighted by Crippen LogP contribution is 2.29. The average molecular weight is 455 g/mol. The Morgan fingerprint density at radius 2 is 1.76 bits per heavy atom. The maximum atomic E-state index is 14.1. The van der Waals surface area contributed by atoms with Gasteiger partial charge in [-0.15, -0.1) is 0 Å². The van der Waals surface area contributed by atoms with Crippen molar-refractivity contribution in [2.75, 3.05) is 42.9 Å². The van der Waals surface area contributed by atoms with E-state index in [4.69, 9.17) is 0 Å². The molecule has 2 aromatic carbocycles. The fourth-order valence-electron chi connectivity index (χ4n) is 3.88. The molecule has 3 rings (SSSR count). The van der Waals surface area contributed by atoms with Crippen LogP contribution in [0.2, 0.25) is 0 Å². The van der Waals surface area contributed by atoms with Gasteiger partial charge in [-0.1, -0.05) is 33.8 Å². The van der Waals surface area contributed by atoms with Crippen LogP contribution >= 0.6 is 0 Å². The van der Waals surface area contributed by atoms with Crippen LogP contribution in [0, 0.1) is 11.2 Å². The third kappa shape index (κ3) is 6.32. The van der Waals surface area contributed by atoms with Crippen LogP contribution in [0.5, 0.6) is 0 Å². The monoisotopic (exact) mass is 454 g/mol.